The fourth-order valence-corrected chi connectivity index (χ4v) is 2.95. The van der Waals surface area contributed by atoms with E-state index in [1.54, 1.807) is 0 Å². The normalized spacial score (nSPS) is 29.5. The van der Waals surface area contributed by atoms with Crippen molar-refractivity contribution in [2.75, 3.05) is 13.1 Å². The third kappa shape index (κ3) is 4.30. The van der Waals surface area contributed by atoms with Gasteiger partial charge in [0.1, 0.15) is 0 Å². The van der Waals surface area contributed by atoms with Crippen LogP contribution in [0, 0.1) is 11.8 Å². The first-order valence-corrected chi connectivity index (χ1v) is 7.11. The van der Waals surface area contributed by atoms with Gasteiger partial charge in [0.25, 0.3) is 0 Å². The molecule has 0 bridgehead atoms. The Morgan fingerprint density at radius 1 is 1.18 bits per heavy atom. The molecule has 2 aliphatic rings. The van der Waals surface area contributed by atoms with Crippen LogP contribution < -0.4 is 0 Å². The number of carbonyl (C=O) groups is 1. The van der Waals surface area contributed by atoms with Gasteiger partial charge >= 0.3 is 5.97 Å². The topological polar surface area (TPSA) is 40.5 Å². The van der Waals surface area contributed by atoms with Gasteiger partial charge in [0.05, 0.1) is 6.42 Å². The first-order chi connectivity index (χ1) is 8.15. The molecule has 2 rings (SSSR count). The van der Waals surface area contributed by atoms with Crippen molar-refractivity contribution < 1.29 is 9.90 Å². The molecule has 0 amide bonds. The summed E-state index contributed by atoms with van der Waals surface area (Å²) < 4.78 is 0. The zero-order valence-electron chi connectivity index (χ0n) is 10.9. The second-order valence-electron chi connectivity index (χ2n) is 6.00. The van der Waals surface area contributed by atoms with Gasteiger partial charge in [0.2, 0.25) is 0 Å². The highest BCUT2D eigenvalue weighted by Crippen LogP contribution is 2.33. The Balaban J connectivity index is 1.74. The van der Waals surface area contributed by atoms with E-state index < -0.39 is 5.97 Å². The Hall–Kier alpha value is -0.570. The molecule has 0 aliphatic heterocycles. The average molecular weight is 239 g/mol. The molecule has 2 saturated carbocycles. The van der Waals surface area contributed by atoms with Gasteiger partial charge in [-0.2, -0.15) is 0 Å². The number of hydrogen-bond acceptors (Lipinski definition) is 2. The van der Waals surface area contributed by atoms with Gasteiger partial charge in [-0.05, 0) is 37.5 Å². The predicted molar refractivity (Wildman–Crippen MR) is 68.0 cm³/mol. The number of hydrogen-bond donors (Lipinski definition) is 1. The first-order valence-electron chi connectivity index (χ1n) is 7.11. The van der Waals surface area contributed by atoms with E-state index in [1.165, 1.54) is 38.5 Å². The molecule has 0 radical (unpaired) electrons. The Morgan fingerprint density at radius 2 is 1.82 bits per heavy atom. The van der Waals surface area contributed by atoms with Gasteiger partial charge in [0.15, 0.2) is 0 Å². The highest BCUT2D eigenvalue weighted by Gasteiger charge is 2.31. The van der Waals surface area contributed by atoms with Crippen LogP contribution in [0.5, 0.6) is 0 Å². The lowest BCUT2D eigenvalue weighted by Gasteiger charge is -2.31. The molecular formula is C14H25NO2. The minimum atomic E-state index is -0.659. The molecule has 2 aliphatic carbocycles. The molecule has 0 aromatic carbocycles. The van der Waals surface area contributed by atoms with Gasteiger partial charge in [-0.1, -0.05) is 19.8 Å². The average Bonchev–Trinajstić information content (AvgIpc) is 3.10. The van der Waals surface area contributed by atoms with Crippen molar-refractivity contribution in [2.24, 2.45) is 11.8 Å². The summed E-state index contributed by atoms with van der Waals surface area (Å²) in [6, 6.07) is 0.702. The van der Waals surface area contributed by atoms with E-state index in [0.717, 1.165) is 24.9 Å². The van der Waals surface area contributed by atoms with Gasteiger partial charge in [0, 0.05) is 19.1 Å². The summed E-state index contributed by atoms with van der Waals surface area (Å²) in [5, 5.41) is 8.78. The van der Waals surface area contributed by atoms with Gasteiger partial charge in [-0.3, -0.25) is 9.69 Å². The molecule has 0 unspecified atom stereocenters. The summed E-state index contributed by atoms with van der Waals surface area (Å²) >= 11 is 0. The van der Waals surface area contributed by atoms with E-state index in [1.807, 2.05) is 0 Å². The van der Waals surface area contributed by atoms with E-state index in [0.29, 0.717) is 12.5 Å². The number of carboxylic acids is 1. The second-order valence-corrected chi connectivity index (χ2v) is 6.00. The van der Waals surface area contributed by atoms with Crippen LogP contribution in [0.2, 0.25) is 0 Å². The van der Waals surface area contributed by atoms with Crippen molar-refractivity contribution in [1.29, 1.82) is 0 Å². The molecule has 0 spiro atoms. The second kappa shape index (κ2) is 5.85. The molecule has 17 heavy (non-hydrogen) atoms. The maximum absolute atomic E-state index is 10.7. The maximum atomic E-state index is 10.7. The van der Waals surface area contributed by atoms with Crippen LogP contribution in [-0.4, -0.2) is 35.1 Å². The van der Waals surface area contributed by atoms with Gasteiger partial charge in [-0.25, -0.2) is 0 Å². The van der Waals surface area contributed by atoms with Crippen molar-refractivity contribution in [3.63, 3.8) is 0 Å². The van der Waals surface area contributed by atoms with Crippen LogP contribution in [0.25, 0.3) is 0 Å². The molecule has 2 fully saturated rings. The lowest BCUT2D eigenvalue weighted by Crippen LogP contribution is -2.34. The third-order valence-electron chi connectivity index (χ3n) is 4.30. The Kier molecular flexibility index (Phi) is 4.43. The fraction of sp³-hybridized carbons (Fsp3) is 0.929. The third-order valence-corrected chi connectivity index (χ3v) is 4.30. The smallest absolute Gasteiger partial charge is 0.304 e. The minimum absolute atomic E-state index is 0.305. The van der Waals surface area contributed by atoms with E-state index >= 15 is 0 Å². The maximum Gasteiger partial charge on any atom is 0.304 e. The zero-order valence-corrected chi connectivity index (χ0v) is 10.9. The van der Waals surface area contributed by atoms with E-state index in [2.05, 4.69) is 11.8 Å². The van der Waals surface area contributed by atoms with Crippen molar-refractivity contribution in [3.05, 3.63) is 0 Å². The Labute approximate surface area is 104 Å². The largest absolute Gasteiger partial charge is 0.481 e. The molecule has 3 heteroatoms. The number of carboxylic acid groups (broad SMARTS) is 1. The number of rotatable bonds is 6. The summed E-state index contributed by atoms with van der Waals surface area (Å²) in [5.41, 5.74) is 0. The van der Waals surface area contributed by atoms with Crippen molar-refractivity contribution >= 4 is 5.97 Å². The molecule has 1 N–H and O–H groups in total. The highest BCUT2D eigenvalue weighted by molar-refractivity contribution is 5.66. The van der Waals surface area contributed by atoms with Crippen molar-refractivity contribution in [1.82, 2.24) is 4.90 Å². The summed E-state index contributed by atoms with van der Waals surface area (Å²) in [6.45, 7) is 4.25. The standard InChI is InChI=1S/C14H25NO2/c1-11-2-4-12(5-3-11)10-15(13-6-7-13)9-8-14(16)17/h11-13H,2-10H2,1H3,(H,16,17). The minimum Gasteiger partial charge on any atom is -0.481 e. The van der Waals surface area contributed by atoms with Gasteiger partial charge in [-0.15, -0.1) is 0 Å². The number of aliphatic carboxylic acids is 1. The molecule has 0 aromatic rings. The van der Waals surface area contributed by atoms with Gasteiger partial charge < -0.3 is 5.11 Å². The molecule has 0 atom stereocenters. The van der Waals surface area contributed by atoms with Crippen LogP contribution in [-0.2, 0) is 4.79 Å². The Morgan fingerprint density at radius 3 is 2.35 bits per heavy atom. The summed E-state index contributed by atoms with van der Waals surface area (Å²) in [5.74, 6) is 1.06. The lowest BCUT2D eigenvalue weighted by molar-refractivity contribution is -0.137. The first kappa shape index (κ1) is 12.9. The summed E-state index contributed by atoms with van der Waals surface area (Å²) in [7, 11) is 0. The molecule has 0 saturated heterocycles. The summed E-state index contributed by atoms with van der Waals surface area (Å²) in [4.78, 5) is 13.1. The van der Waals surface area contributed by atoms with Crippen molar-refractivity contribution in [2.45, 2.75) is 57.9 Å². The van der Waals surface area contributed by atoms with Crippen LogP contribution in [0.15, 0.2) is 0 Å². The number of nitrogens with zero attached hydrogens (tertiary/aromatic N) is 1. The monoisotopic (exact) mass is 239 g/mol. The quantitative estimate of drug-likeness (QED) is 0.775. The lowest BCUT2D eigenvalue weighted by atomic mass is 9.83. The molecular weight excluding hydrogens is 214 g/mol. The molecule has 3 nitrogen and oxygen atoms in total. The highest BCUT2D eigenvalue weighted by atomic mass is 16.4. The van der Waals surface area contributed by atoms with E-state index in [4.69, 9.17) is 5.11 Å². The fourth-order valence-electron chi connectivity index (χ4n) is 2.95. The SMILES string of the molecule is CC1CCC(CN(CCC(=O)O)C2CC2)CC1. The van der Waals surface area contributed by atoms with Crippen LogP contribution in [0.4, 0.5) is 0 Å². The van der Waals surface area contributed by atoms with Crippen LogP contribution >= 0.6 is 0 Å². The molecule has 0 heterocycles. The zero-order chi connectivity index (χ0) is 12.3. The van der Waals surface area contributed by atoms with Crippen molar-refractivity contribution in [3.8, 4) is 0 Å². The van der Waals surface area contributed by atoms with Crippen LogP contribution in [0.3, 0.4) is 0 Å². The Bertz CT molecular complexity index is 255. The van der Waals surface area contributed by atoms with E-state index in [-0.39, 0.29) is 0 Å². The van der Waals surface area contributed by atoms with Crippen LogP contribution in [0.1, 0.15) is 51.9 Å². The predicted octanol–water partition coefficient (Wildman–Crippen LogP) is 2.75. The summed E-state index contributed by atoms with van der Waals surface area (Å²) in [6.07, 6.45) is 8.28. The molecule has 98 valence electrons. The van der Waals surface area contributed by atoms with E-state index in [9.17, 15) is 4.79 Å². The molecule has 0 aromatic heterocycles.